The smallest absolute Gasteiger partial charge is 0.907 e. The van der Waals surface area contributed by atoms with Crippen LogP contribution in [0.25, 0.3) is 0 Å². The molecule has 0 saturated heterocycles. The molecule has 0 rings (SSSR count). The molecule has 0 aromatic carbocycles. The Kier molecular flexibility index (Phi) is 42.6. The predicted molar refractivity (Wildman–Crippen MR) is 29.8 cm³/mol. The van der Waals surface area contributed by atoms with E-state index in [-0.39, 0.29) is 88.7 Å². The minimum Gasteiger partial charge on any atom is -0.907 e. The van der Waals surface area contributed by atoms with Crippen LogP contribution in [-0.2, 0) is 19.1 Å². The van der Waals surface area contributed by atoms with Crippen LogP contribution in [0.1, 0.15) is 0 Å². The molecular formula is C4H6BNa3O7. The molecule has 0 aliphatic rings. The minimum absolute atomic E-state index is 0. The van der Waals surface area contributed by atoms with E-state index in [0.717, 1.165) is 14.2 Å². The standard InChI is InChI=1S/C4H6O4.BO3.3Na/c1-7-3(5)4(6)8-2;2-1(3)4;;;/h1-2H3;;;;/q;-3;3*+1. The first-order valence-corrected chi connectivity index (χ1v) is 2.59. The van der Waals surface area contributed by atoms with Gasteiger partial charge in [-0.1, -0.05) is 0 Å². The Morgan fingerprint density at radius 1 is 0.867 bits per heavy atom. The van der Waals surface area contributed by atoms with E-state index in [1.165, 1.54) is 0 Å². The maximum absolute atomic E-state index is 10.0. The fourth-order valence-electron chi connectivity index (χ4n) is 0.167. The SMILES string of the molecule is COC(=O)C(=O)OC.[Na+].[Na+].[Na+].[O-]B([O-])[O-]. The van der Waals surface area contributed by atoms with Crippen molar-refractivity contribution in [3.63, 3.8) is 0 Å². The molecule has 0 fully saturated rings. The monoisotopic (exact) mass is 246 g/mol. The van der Waals surface area contributed by atoms with Gasteiger partial charge >= 0.3 is 101 Å². The van der Waals surface area contributed by atoms with Crippen LogP contribution in [0.2, 0.25) is 0 Å². The van der Waals surface area contributed by atoms with Crippen LogP contribution >= 0.6 is 0 Å². The van der Waals surface area contributed by atoms with Crippen molar-refractivity contribution in [2.75, 3.05) is 14.2 Å². The molecule has 0 heterocycles. The first-order chi connectivity index (χ1) is 5.45. The van der Waals surface area contributed by atoms with Crippen LogP contribution in [0.5, 0.6) is 0 Å². The second-order valence-electron chi connectivity index (χ2n) is 1.27. The summed E-state index contributed by atoms with van der Waals surface area (Å²) in [5, 5.41) is 25.2. The fraction of sp³-hybridized carbons (Fsp3) is 0.500. The molecule has 0 unspecified atom stereocenters. The zero-order valence-electron chi connectivity index (χ0n) is 9.44. The molecule has 0 atom stereocenters. The van der Waals surface area contributed by atoms with Crippen molar-refractivity contribution < 1.29 is 123 Å². The van der Waals surface area contributed by atoms with E-state index in [1.807, 2.05) is 0 Å². The molecule has 0 spiro atoms. The zero-order chi connectivity index (χ0) is 10.1. The van der Waals surface area contributed by atoms with E-state index in [9.17, 15) is 9.59 Å². The second kappa shape index (κ2) is 21.2. The Hall–Kier alpha value is 1.88. The maximum atomic E-state index is 10.0. The Balaban J connectivity index is -0.0000000424. The summed E-state index contributed by atoms with van der Waals surface area (Å²) in [5.74, 6) is -1.96. The topological polar surface area (TPSA) is 122 Å². The van der Waals surface area contributed by atoms with E-state index in [1.54, 1.807) is 0 Å². The number of rotatable bonds is 0. The summed E-state index contributed by atoms with van der Waals surface area (Å²) in [6, 6.07) is 0. The third kappa shape index (κ3) is 31.3. The number of hydrogen-bond acceptors (Lipinski definition) is 7. The Bertz CT molecular complexity index is 138. The van der Waals surface area contributed by atoms with Crippen molar-refractivity contribution in [2.24, 2.45) is 0 Å². The zero-order valence-corrected chi connectivity index (χ0v) is 15.4. The molecule has 0 amide bonds. The Morgan fingerprint density at radius 2 is 1.00 bits per heavy atom. The van der Waals surface area contributed by atoms with Gasteiger partial charge < -0.3 is 24.5 Å². The van der Waals surface area contributed by atoms with Gasteiger partial charge in [0.05, 0.1) is 14.2 Å². The molecule has 0 bridgehead atoms. The van der Waals surface area contributed by atoms with Crippen LogP contribution in [0.15, 0.2) is 0 Å². The van der Waals surface area contributed by atoms with Gasteiger partial charge in [-0.05, 0) is 0 Å². The summed E-state index contributed by atoms with van der Waals surface area (Å²) in [7, 11) is -0.696. The van der Waals surface area contributed by atoms with E-state index in [4.69, 9.17) is 15.1 Å². The molecule has 7 nitrogen and oxygen atoms in total. The molecule has 0 N–H and O–H groups in total. The van der Waals surface area contributed by atoms with Crippen LogP contribution in [0.4, 0.5) is 0 Å². The first-order valence-electron chi connectivity index (χ1n) is 2.59. The number of carbonyl (C=O) groups excluding carboxylic acids is 2. The summed E-state index contributed by atoms with van der Waals surface area (Å²) in [6.07, 6.45) is 0. The van der Waals surface area contributed by atoms with Gasteiger partial charge in [-0.15, -0.1) is 0 Å². The maximum Gasteiger partial charge on any atom is 1.00 e. The summed E-state index contributed by atoms with van der Waals surface area (Å²) in [4.78, 5) is 20.1. The quantitative estimate of drug-likeness (QED) is 0.236. The van der Waals surface area contributed by atoms with E-state index in [0.29, 0.717) is 0 Å². The first kappa shape index (κ1) is 30.2. The van der Waals surface area contributed by atoms with Crippen molar-refractivity contribution in [1.29, 1.82) is 0 Å². The van der Waals surface area contributed by atoms with Crippen molar-refractivity contribution in [3.05, 3.63) is 0 Å². The summed E-state index contributed by atoms with van der Waals surface area (Å²) >= 11 is 0. The summed E-state index contributed by atoms with van der Waals surface area (Å²) in [6.45, 7) is 0. The van der Waals surface area contributed by atoms with Crippen LogP contribution in [-0.4, -0.2) is 33.5 Å². The second-order valence-corrected chi connectivity index (χ2v) is 1.27. The summed E-state index contributed by atoms with van der Waals surface area (Å²) in [5.41, 5.74) is 0. The van der Waals surface area contributed by atoms with Gasteiger partial charge in [-0.2, -0.15) is 0 Å². The fourth-order valence-corrected chi connectivity index (χ4v) is 0.167. The van der Waals surface area contributed by atoms with Crippen molar-refractivity contribution >= 4 is 19.3 Å². The number of methoxy groups -OCH3 is 2. The molecule has 0 aliphatic carbocycles. The van der Waals surface area contributed by atoms with Crippen LogP contribution < -0.4 is 104 Å². The Morgan fingerprint density at radius 3 is 1.07 bits per heavy atom. The van der Waals surface area contributed by atoms with Crippen molar-refractivity contribution in [1.82, 2.24) is 0 Å². The Labute approximate surface area is 154 Å². The van der Waals surface area contributed by atoms with Crippen molar-refractivity contribution in [3.8, 4) is 0 Å². The van der Waals surface area contributed by atoms with E-state index >= 15 is 0 Å². The molecule has 0 aromatic heterocycles. The molecule has 0 aromatic rings. The predicted octanol–water partition coefficient (Wildman–Crippen LogP) is -13.6. The number of esters is 2. The van der Waals surface area contributed by atoms with Gasteiger partial charge in [-0.25, -0.2) is 9.59 Å². The van der Waals surface area contributed by atoms with Crippen LogP contribution in [0.3, 0.4) is 0 Å². The average molecular weight is 246 g/mol. The van der Waals surface area contributed by atoms with Gasteiger partial charge in [0.1, 0.15) is 0 Å². The van der Waals surface area contributed by atoms with Gasteiger partial charge in [-0.3, -0.25) is 7.32 Å². The van der Waals surface area contributed by atoms with Gasteiger partial charge in [0, 0.05) is 0 Å². The summed E-state index contributed by atoms with van der Waals surface area (Å²) < 4.78 is 7.98. The molecule has 0 radical (unpaired) electrons. The molecule has 15 heavy (non-hydrogen) atoms. The minimum atomic E-state index is -2.92. The molecule has 70 valence electrons. The third-order valence-corrected chi connectivity index (χ3v) is 0.537. The molecule has 0 aliphatic heterocycles. The normalized spacial score (nSPS) is 5.93. The average Bonchev–Trinajstić information content (AvgIpc) is 2.00. The van der Waals surface area contributed by atoms with Gasteiger partial charge in [0.15, 0.2) is 0 Å². The van der Waals surface area contributed by atoms with E-state index in [2.05, 4.69) is 9.47 Å². The van der Waals surface area contributed by atoms with Crippen molar-refractivity contribution in [2.45, 2.75) is 0 Å². The third-order valence-electron chi connectivity index (χ3n) is 0.537. The molecular weight excluding hydrogens is 240 g/mol. The largest absolute Gasteiger partial charge is 1.00 e. The molecule has 11 heteroatoms. The number of hydrogen-bond donors (Lipinski definition) is 0. The van der Waals surface area contributed by atoms with Gasteiger partial charge in [0.25, 0.3) is 0 Å². The number of ether oxygens (including phenoxy) is 2. The number of carbonyl (C=O) groups is 2. The van der Waals surface area contributed by atoms with Crippen LogP contribution in [0, 0.1) is 0 Å². The van der Waals surface area contributed by atoms with E-state index < -0.39 is 19.3 Å². The molecule has 0 saturated carbocycles. The van der Waals surface area contributed by atoms with Gasteiger partial charge in [0.2, 0.25) is 0 Å².